The Labute approximate surface area is 135 Å². The van der Waals surface area contributed by atoms with E-state index in [0.717, 1.165) is 6.42 Å². The van der Waals surface area contributed by atoms with Gasteiger partial charge in [-0.25, -0.2) is 0 Å². The molecule has 1 saturated heterocycles. The van der Waals surface area contributed by atoms with Gasteiger partial charge in [0.05, 0.1) is 12.3 Å². The molecular weight excluding hydrogens is 296 g/mol. The Hall–Kier alpha value is -2.37. The second kappa shape index (κ2) is 7.76. The van der Waals surface area contributed by atoms with E-state index in [2.05, 4.69) is 5.32 Å². The van der Waals surface area contributed by atoms with E-state index in [-0.39, 0.29) is 24.2 Å². The van der Waals surface area contributed by atoms with E-state index in [1.165, 1.54) is 0 Å². The molecule has 0 radical (unpaired) electrons. The van der Waals surface area contributed by atoms with Gasteiger partial charge >= 0.3 is 5.97 Å². The average molecular weight is 318 g/mol. The van der Waals surface area contributed by atoms with Crippen LogP contribution in [0.2, 0.25) is 0 Å². The lowest BCUT2D eigenvalue weighted by Crippen LogP contribution is -2.47. The number of carboxylic acids is 1. The highest BCUT2D eigenvalue weighted by molar-refractivity contribution is 5.94. The molecule has 1 heterocycles. The first-order chi connectivity index (χ1) is 11.0. The van der Waals surface area contributed by atoms with Gasteiger partial charge < -0.3 is 15.3 Å². The summed E-state index contributed by atoms with van der Waals surface area (Å²) in [5.74, 6) is -1.47. The van der Waals surface area contributed by atoms with Crippen LogP contribution >= 0.6 is 0 Å². The van der Waals surface area contributed by atoms with Gasteiger partial charge in [0, 0.05) is 24.7 Å². The number of aliphatic carboxylic acids is 1. The number of hydrogen-bond donors (Lipinski definition) is 2. The molecule has 0 aromatic heterocycles. The van der Waals surface area contributed by atoms with E-state index >= 15 is 0 Å². The molecule has 0 spiro atoms. The highest BCUT2D eigenvalue weighted by Crippen LogP contribution is 2.19. The number of likely N-dealkylation sites (tertiary alicyclic amines) is 1. The number of hydrogen-bond acceptors (Lipinski definition) is 3. The zero-order valence-corrected chi connectivity index (χ0v) is 13.2. The van der Waals surface area contributed by atoms with E-state index in [9.17, 15) is 14.4 Å². The Balaban J connectivity index is 1.94. The van der Waals surface area contributed by atoms with Crippen molar-refractivity contribution in [2.24, 2.45) is 5.92 Å². The summed E-state index contributed by atoms with van der Waals surface area (Å²) in [6.45, 7) is 2.68. The number of amides is 2. The lowest BCUT2D eigenvalue weighted by Gasteiger charge is -2.32. The van der Waals surface area contributed by atoms with E-state index < -0.39 is 12.0 Å². The maximum Gasteiger partial charge on any atom is 0.305 e. The number of nitrogens with zero attached hydrogens (tertiary/aromatic N) is 1. The van der Waals surface area contributed by atoms with Crippen molar-refractivity contribution in [1.29, 1.82) is 0 Å². The molecule has 2 rings (SSSR count). The molecule has 0 aliphatic carbocycles. The molecule has 1 aromatic carbocycles. The number of carbonyl (C=O) groups is 3. The van der Waals surface area contributed by atoms with Gasteiger partial charge in [0.25, 0.3) is 5.91 Å². The topological polar surface area (TPSA) is 86.7 Å². The smallest absolute Gasteiger partial charge is 0.305 e. The molecule has 124 valence electrons. The molecule has 1 aliphatic rings. The van der Waals surface area contributed by atoms with Gasteiger partial charge in [0.1, 0.15) is 0 Å². The van der Waals surface area contributed by atoms with Gasteiger partial charge in [0.2, 0.25) is 5.91 Å². The number of rotatable bonds is 5. The summed E-state index contributed by atoms with van der Waals surface area (Å²) in [6, 6.07) is 8.60. The van der Waals surface area contributed by atoms with Crippen LogP contribution in [0.4, 0.5) is 0 Å². The normalized spacial score (nSPS) is 19.0. The second-order valence-corrected chi connectivity index (χ2v) is 5.96. The Bertz CT molecular complexity index is 573. The third kappa shape index (κ3) is 4.81. The minimum absolute atomic E-state index is 0.0679. The molecular formula is C17H22N2O4. The number of carbonyl (C=O) groups excluding carboxylic acids is 2. The summed E-state index contributed by atoms with van der Waals surface area (Å²) in [5, 5.41) is 11.5. The predicted octanol–water partition coefficient (Wildman–Crippen LogP) is 1.52. The molecule has 0 saturated carbocycles. The fraction of sp³-hybridized carbons (Fsp3) is 0.471. The first kappa shape index (κ1) is 17.0. The maximum absolute atomic E-state index is 12.5. The zero-order chi connectivity index (χ0) is 16.8. The SMILES string of the molecule is CC(CC(=O)O)NC(=O)C1CCCN(C(=O)c2ccccc2)C1. The van der Waals surface area contributed by atoms with Gasteiger partial charge in [-0.3, -0.25) is 14.4 Å². The van der Waals surface area contributed by atoms with E-state index in [1.54, 1.807) is 24.0 Å². The highest BCUT2D eigenvalue weighted by Gasteiger charge is 2.29. The van der Waals surface area contributed by atoms with Crippen LogP contribution in [0.15, 0.2) is 30.3 Å². The van der Waals surface area contributed by atoms with Crippen LogP contribution in [0.25, 0.3) is 0 Å². The van der Waals surface area contributed by atoms with Crippen molar-refractivity contribution in [2.45, 2.75) is 32.2 Å². The zero-order valence-electron chi connectivity index (χ0n) is 13.2. The van der Waals surface area contributed by atoms with Crippen molar-refractivity contribution < 1.29 is 19.5 Å². The van der Waals surface area contributed by atoms with Crippen molar-refractivity contribution in [2.75, 3.05) is 13.1 Å². The monoisotopic (exact) mass is 318 g/mol. The predicted molar refractivity (Wildman–Crippen MR) is 84.9 cm³/mol. The quantitative estimate of drug-likeness (QED) is 0.862. The van der Waals surface area contributed by atoms with Crippen molar-refractivity contribution >= 4 is 17.8 Å². The molecule has 6 heteroatoms. The van der Waals surface area contributed by atoms with Crippen LogP contribution in [-0.4, -0.2) is 46.9 Å². The molecule has 2 N–H and O–H groups in total. The molecule has 1 aromatic rings. The number of nitrogens with one attached hydrogen (secondary N) is 1. The van der Waals surface area contributed by atoms with Crippen LogP contribution in [0.1, 0.15) is 36.5 Å². The lowest BCUT2D eigenvalue weighted by atomic mass is 9.96. The van der Waals surface area contributed by atoms with Crippen LogP contribution < -0.4 is 5.32 Å². The lowest BCUT2D eigenvalue weighted by molar-refractivity contribution is -0.137. The average Bonchev–Trinajstić information content (AvgIpc) is 2.54. The Morgan fingerprint density at radius 1 is 1.30 bits per heavy atom. The van der Waals surface area contributed by atoms with Crippen LogP contribution in [0.5, 0.6) is 0 Å². The van der Waals surface area contributed by atoms with Gasteiger partial charge in [-0.05, 0) is 31.9 Å². The van der Waals surface area contributed by atoms with Crippen molar-refractivity contribution in [3.63, 3.8) is 0 Å². The summed E-state index contributed by atoms with van der Waals surface area (Å²) in [4.78, 5) is 37.1. The molecule has 2 atom stereocenters. The second-order valence-electron chi connectivity index (χ2n) is 5.96. The van der Waals surface area contributed by atoms with Crippen molar-refractivity contribution in [1.82, 2.24) is 10.2 Å². The molecule has 6 nitrogen and oxygen atoms in total. The summed E-state index contributed by atoms with van der Waals surface area (Å²) >= 11 is 0. The number of piperidine rings is 1. The van der Waals surface area contributed by atoms with Gasteiger partial charge in [0.15, 0.2) is 0 Å². The van der Waals surface area contributed by atoms with Crippen molar-refractivity contribution in [3.05, 3.63) is 35.9 Å². The summed E-state index contributed by atoms with van der Waals surface area (Å²) in [6.07, 6.45) is 1.37. The largest absolute Gasteiger partial charge is 0.481 e. The Morgan fingerprint density at radius 3 is 2.65 bits per heavy atom. The fourth-order valence-electron chi connectivity index (χ4n) is 2.81. The molecule has 23 heavy (non-hydrogen) atoms. The minimum atomic E-state index is -0.942. The molecule has 2 amide bonds. The van der Waals surface area contributed by atoms with Gasteiger partial charge in [-0.2, -0.15) is 0 Å². The standard InChI is InChI=1S/C17H22N2O4/c1-12(10-15(20)21)18-16(22)14-8-5-9-19(11-14)17(23)13-6-3-2-4-7-13/h2-4,6-7,12,14H,5,8-11H2,1H3,(H,18,22)(H,20,21). The van der Waals surface area contributed by atoms with Crippen molar-refractivity contribution in [3.8, 4) is 0 Å². The van der Waals surface area contributed by atoms with Crippen LogP contribution in [0.3, 0.4) is 0 Å². The number of carboxylic acid groups (broad SMARTS) is 1. The molecule has 2 unspecified atom stereocenters. The third-order valence-corrected chi connectivity index (χ3v) is 3.97. The first-order valence-electron chi connectivity index (χ1n) is 7.84. The fourth-order valence-corrected chi connectivity index (χ4v) is 2.81. The van der Waals surface area contributed by atoms with Gasteiger partial charge in [-0.15, -0.1) is 0 Å². The first-order valence-corrected chi connectivity index (χ1v) is 7.84. The third-order valence-electron chi connectivity index (χ3n) is 3.97. The Kier molecular flexibility index (Phi) is 5.73. The highest BCUT2D eigenvalue weighted by atomic mass is 16.4. The maximum atomic E-state index is 12.5. The molecule has 1 fully saturated rings. The summed E-state index contributed by atoms with van der Waals surface area (Å²) in [7, 11) is 0. The minimum Gasteiger partial charge on any atom is -0.481 e. The van der Waals surface area contributed by atoms with E-state index in [4.69, 9.17) is 5.11 Å². The van der Waals surface area contributed by atoms with E-state index in [1.807, 2.05) is 18.2 Å². The summed E-state index contributed by atoms with van der Waals surface area (Å²) < 4.78 is 0. The number of benzene rings is 1. The van der Waals surface area contributed by atoms with E-state index in [0.29, 0.717) is 25.1 Å². The molecule has 1 aliphatic heterocycles. The van der Waals surface area contributed by atoms with Gasteiger partial charge in [-0.1, -0.05) is 18.2 Å². The van der Waals surface area contributed by atoms with Crippen LogP contribution in [-0.2, 0) is 9.59 Å². The summed E-state index contributed by atoms with van der Waals surface area (Å²) in [5.41, 5.74) is 0.618. The molecule has 0 bridgehead atoms. The van der Waals surface area contributed by atoms with Crippen LogP contribution in [0, 0.1) is 5.92 Å². The Morgan fingerprint density at radius 2 is 2.00 bits per heavy atom.